The lowest BCUT2D eigenvalue weighted by Crippen LogP contribution is -2.48. The molecule has 5 nitrogen and oxygen atoms in total. The molecule has 1 heterocycles. The molecule has 90 valence electrons. The molecule has 1 aliphatic heterocycles. The lowest BCUT2D eigenvalue weighted by Gasteiger charge is -2.27. The molecule has 0 radical (unpaired) electrons. The summed E-state index contributed by atoms with van der Waals surface area (Å²) in [6.45, 7) is 0.359. The van der Waals surface area contributed by atoms with Gasteiger partial charge in [-0.2, -0.15) is 0 Å². The maximum absolute atomic E-state index is 11.4. The van der Waals surface area contributed by atoms with E-state index in [1.165, 1.54) is 0 Å². The lowest BCUT2D eigenvalue weighted by atomic mass is 10.1. The maximum atomic E-state index is 11.4. The Morgan fingerprint density at radius 2 is 2.33 bits per heavy atom. The number of hydrogen-bond acceptors (Lipinski definition) is 5. The Balaban J connectivity index is 2.43. The van der Waals surface area contributed by atoms with Crippen LogP contribution in [0.1, 0.15) is 12.8 Å². The minimum atomic E-state index is -2.89. The van der Waals surface area contributed by atoms with E-state index in [1.807, 2.05) is 0 Å². The van der Waals surface area contributed by atoms with Gasteiger partial charge in [0, 0.05) is 13.2 Å². The van der Waals surface area contributed by atoms with Crippen molar-refractivity contribution in [2.24, 2.45) is 0 Å². The number of rotatable bonds is 5. The fourth-order valence-electron chi connectivity index (χ4n) is 1.84. The van der Waals surface area contributed by atoms with Crippen LogP contribution < -0.4 is 5.32 Å². The third-order valence-electron chi connectivity index (χ3n) is 2.52. The second-order valence-electron chi connectivity index (χ2n) is 3.96. The molecule has 1 saturated heterocycles. The highest BCUT2D eigenvalue weighted by Gasteiger charge is 2.26. The van der Waals surface area contributed by atoms with Crippen molar-refractivity contribution < 1.29 is 18.3 Å². The third-order valence-corrected chi connectivity index (χ3v) is 4.34. The molecule has 1 aliphatic rings. The summed E-state index contributed by atoms with van der Waals surface area (Å²) in [6.07, 6.45) is 1.55. The molecule has 0 aromatic carbocycles. The minimum absolute atomic E-state index is 0.0373. The van der Waals surface area contributed by atoms with E-state index in [0.29, 0.717) is 18.8 Å². The smallest absolute Gasteiger partial charge is 0.151 e. The molecule has 6 heteroatoms. The van der Waals surface area contributed by atoms with Crippen molar-refractivity contribution in [3.8, 4) is 0 Å². The van der Waals surface area contributed by atoms with E-state index >= 15 is 0 Å². The molecule has 0 aliphatic carbocycles. The van der Waals surface area contributed by atoms with Crippen LogP contribution in [0.3, 0.4) is 0 Å². The number of aliphatic hydroxyl groups is 1. The van der Waals surface area contributed by atoms with E-state index in [0.717, 1.165) is 6.42 Å². The van der Waals surface area contributed by atoms with Crippen LogP contribution in [0.5, 0.6) is 0 Å². The second-order valence-corrected chi connectivity index (χ2v) is 6.18. The van der Waals surface area contributed by atoms with Crippen molar-refractivity contribution >= 4 is 9.84 Å². The van der Waals surface area contributed by atoms with Crippen LogP contribution in [-0.4, -0.2) is 57.4 Å². The SMILES string of the molecule is COCC(CO)NC1CCCS(=O)(=O)C1. The van der Waals surface area contributed by atoms with Gasteiger partial charge in [-0.3, -0.25) is 0 Å². The highest BCUT2D eigenvalue weighted by molar-refractivity contribution is 7.91. The van der Waals surface area contributed by atoms with E-state index in [1.54, 1.807) is 7.11 Å². The summed E-state index contributed by atoms with van der Waals surface area (Å²) in [7, 11) is -1.33. The highest BCUT2D eigenvalue weighted by atomic mass is 32.2. The summed E-state index contributed by atoms with van der Waals surface area (Å²) in [6, 6.07) is -0.218. The average Bonchev–Trinajstić information content (AvgIpc) is 2.15. The zero-order valence-corrected chi connectivity index (χ0v) is 9.79. The number of aliphatic hydroxyl groups excluding tert-OH is 1. The van der Waals surface area contributed by atoms with Crippen LogP contribution in [0, 0.1) is 0 Å². The summed E-state index contributed by atoms with van der Waals surface area (Å²) in [4.78, 5) is 0. The molecular weight excluding hydrogens is 218 g/mol. The predicted octanol–water partition coefficient (Wildman–Crippen LogP) is -0.839. The molecule has 0 spiro atoms. The molecule has 2 unspecified atom stereocenters. The van der Waals surface area contributed by atoms with Gasteiger partial charge >= 0.3 is 0 Å². The van der Waals surface area contributed by atoms with Gasteiger partial charge in [0.2, 0.25) is 0 Å². The van der Waals surface area contributed by atoms with Crippen LogP contribution >= 0.6 is 0 Å². The van der Waals surface area contributed by atoms with Crippen molar-refractivity contribution in [2.75, 3.05) is 31.8 Å². The molecular formula is C9H19NO4S. The Morgan fingerprint density at radius 3 is 2.87 bits per heavy atom. The van der Waals surface area contributed by atoms with Crippen molar-refractivity contribution in [3.05, 3.63) is 0 Å². The van der Waals surface area contributed by atoms with Gasteiger partial charge in [0.25, 0.3) is 0 Å². The van der Waals surface area contributed by atoms with Crippen LogP contribution in [0.25, 0.3) is 0 Å². The van der Waals surface area contributed by atoms with Gasteiger partial charge in [-0.25, -0.2) is 8.42 Å². The van der Waals surface area contributed by atoms with Crippen LogP contribution in [0.2, 0.25) is 0 Å². The van der Waals surface area contributed by atoms with Gasteiger partial charge in [0.05, 0.1) is 30.8 Å². The zero-order chi connectivity index (χ0) is 11.3. The molecule has 15 heavy (non-hydrogen) atoms. The fourth-order valence-corrected chi connectivity index (χ4v) is 3.49. The summed E-state index contributed by atoms with van der Waals surface area (Å²) in [5.74, 6) is 0.465. The summed E-state index contributed by atoms with van der Waals surface area (Å²) in [5.41, 5.74) is 0. The first-order chi connectivity index (χ1) is 7.07. The Bertz CT molecular complexity index is 278. The second kappa shape index (κ2) is 5.79. The van der Waals surface area contributed by atoms with E-state index in [2.05, 4.69) is 5.32 Å². The minimum Gasteiger partial charge on any atom is -0.395 e. The Kier molecular flexibility index (Phi) is 4.98. The number of methoxy groups -OCH3 is 1. The van der Waals surface area contributed by atoms with Gasteiger partial charge in [0.1, 0.15) is 0 Å². The molecule has 1 rings (SSSR count). The summed E-state index contributed by atoms with van der Waals surface area (Å²) >= 11 is 0. The van der Waals surface area contributed by atoms with E-state index < -0.39 is 9.84 Å². The third kappa shape index (κ3) is 4.46. The quantitative estimate of drug-likeness (QED) is 0.652. The molecule has 0 amide bonds. The van der Waals surface area contributed by atoms with Gasteiger partial charge in [-0.05, 0) is 12.8 Å². The van der Waals surface area contributed by atoms with E-state index in [4.69, 9.17) is 9.84 Å². The van der Waals surface area contributed by atoms with E-state index in [9.17, 15) is 8.42 Å². The van der Waals surface area contributed by atoms with Crippen LogP contribution in [0.4, 0.5) is 0 Å². The van der Waals surface area contributed by atoms with Crippen LogP contribution in [-0.2, 0) is 14.6 Å². The number of ether oxygens (including phenoxy) is 1. The molecule has 0 bridgehead atoms. The first-order valence-corrected chi connectivity index (χ1v) is 6.96. The fraction of sp³-hybridized carbons (Fsp3) is 1.00. The van der Waals surface area contributed by atoms with Gasteiger partial charge in [-0.15, -0.1) is 0 Å². The summed E-state index contributed by atoms with van der Waals surface area (Å²) < 4.78 is 27.6. The Labute approximate surface area is 90.7 Å². The molecule has 1 fully saturated rings. The Hall–Kier alpha value is -0.170. The molecule has 2 atom stereocenters. The van der Waals surface area contributed by atoms with Crippen molar-refractivity contribution in [3.63, 3.8) is 0 Å². The Morgan fingerprint density at radius 1 is 1.60 bits per heavy atom. The summed E-state index contributed by atoms with van der Waals surface area (Å²) in [5, 5.41) is 12.1. The molecule has 0 aromatic rings. The van der Waals surface area contributed by atoms with Gasteiger partial charge < -0.3 is 15.2 Å². The standard InChI is InChI=1S/C9H19NO4S/c1-14-6-9(5-11)10-8-3-2-4-15(12,13)7-8/h8-11H,2-7H2,1H3. The van der Waals surface area contributed by atoms with Crippen LogP contribution in [0.15, 0.2) is 0 Å². The number of sulfone groups is 1. The largest absolute Gasteiger partial charge is 0.395 e. The maximum Gasteiger partial charge on any atom is 0.151 e. The van der Waals surface area contributed by atoms with Crippen molar-refractivity contribution in [1.82, 2.24) is 5.32 Å². The molecule has 2 N–H and O–H groups in total. The normalized spacial score (nSPS) is 27.5. The zero-order valence-electron chi connectivity index (χ0n) is 8.98. The van der Waals surface area contributed by atoms with Gasteiger partial charge in [-0.1, -0.05) is 0 Å². The first-order valence-electron chi connectivity index (χ1n) is 5.13. The van der Waals surface area contributed by atoms with Crippen molar-refractivity contribution in [2.45, 2.75) is 24.9 Å². The topological polar surface area (TPSA) is 75.6 Å². The van der Waals surface area contributed by atoms with Crippen molar-refractivity contribution in [1.29, 1.82) is 0 Å². The lowest BCUT2D eigenvalue weighted by molar-refractivity contribution is 0.122. The first kappa shape index (κ1) is 12.9. The number of hydrogen-bond donors (Lipinski definition) is 2. The van der Waals surface area contributed by atoms with E-state index in [-0.39, 0.29) is 24.4 Å². The van der Waals surface area contributed by atoms with Gasteiger partial charge in [0.15, 0.2) is 9.84 Å². The predicted molar refractivity (Wildman–Crippen MR) is 57.6 cm³/mol. The average molecular weight is 237 g/mol. The highest BCUT2D eigenvalue weighted by Crippen LogP contribution is 2.12. The molecule has 0 saturated carbocycles. The molecule has 0 aromatic heterocycles. The monoisotopic (exact) mass is 237 g/mol. The number of nitrogens with one attached hydrogen (secondary N) is 1.